The number of aromatic nitrogens is 5. The zero-order valence-corrected chi connectivity index (χ0v) is 21.2. The number of aromatic amines is 1. The van der Waals surface area contributed by atoms with Gasteiger partial charge in [0.1, 0.15) is 11.4 Å². The van der Waals surface area contributed by atoms with Crippen molar-refractivity contribution in [3.63, 3.8) is 0 Å². The fourth-order valence-electron chi connectivity index (χ4n) is 3.77. The number of hydrogen-bond donors (Lipinski definition) is 2. The molecule has 39 heavy (non-hydrogen) atoms. The van der Waals surface area contributed by atoms with Crippen LogP contribution in [0, 0.1) is 6.92 Å². The van der Waals surface area contributed by atoms with Crippen LogP contribution in [0.1, 0.15) is 11.3 Å². The molecule has 0 radical (unpaired) electrons. The summed E-state index contributed by atoms with van der Waals surface area (Å²) in [7, 11) is 0. The highest BCUT2D eigenvalue weighted by Crippen LogP contribution is 2.39. The number of alkyl halides is 3. The minimum atomic E-state index is -4.53. The second-order valence-electron chi connectivity index (χ2n) is 8.33. The lowest BCUT2D eigenvalue weighted by molar-refractivity contribution is -0.141. The summed E-state index contributed by atoms with van der Waals surface area (Å²) in [5.74, 6) is 0.0569. The highest BCUT2D eigenvalue weighted by atomic mass is 35.5. The predicted molar refractivity (Wildman–Crippen MR) is 140 cm³/mol. The van der Waals surface area contributed by atoms with Crippen LogP contribution >= 0.6 is 23.2 Å². The predicted octanol–water partition coefficient (Wildman–Crippen LogP) is 5.54. The van der Waals surface area contributed by atoms with Crippen LogP contribution in [0.4, 0.5) is 19.0 Å². The van der Waals surface area contributed by atoms with Crippen molar-refractivity contribution >= 4 is 39.9 Å². The van der Waals surface area contributed by atoms with Crippen molar-refractivity contribution in [1.29, 1.82) is 0 Å². The molecule has 0 saturated carbocycles. The third-order valence-corrected chi connectivity index (χ3v) is 6.20. The Kier molecular flexibility index (Phi) is 6.52. The number of fused-ring (bicyclic) bond motifs is 1. The zero-order chi connectivity index (χ0) is 28.1. The first kappa shape index (κ1) is 26.2. The number of aryl methyl sites for hydroxylation is 1. The Labute approximate surface area is 226 Å². The molecule has 9 nitrogen and oxygen atoms in total. The summed E-state index contributed by atoms with van der Waals surface area (Å²) in [4.78, 5) is 33.7. The molecule has 0 fully saturated rings. The van der Waals surface area contributed by atoms with E-state index in [4.69, 9.17) is 33.7 Å². The molecule has 198 valence electrons. The summed E-state index contributed by atoms with van der Waals surface area (Å²) in [6, 6.07) is 11.7. The van der Waals surface area contributed by atoms with Gasteiger partial charge in [0.2, 0.25) is 5.82 Å². The molecule has 0 aliphatic heterocycles. The van der Waals surface area contributed by atoms with Crippen LogP contribution in [-0.4, -0.2) is 24.7 Å². The standard InChI is InChI=1S/C25H15Cl2F3N6O3/c1-11-6-19(12-2-5-20(32-10-12)25(28,29)30)33-18-4-3-14(9-15(11)18)39-21-16(26)7-13(8-17(21)27)36-24(38)34-23(37)22(31)35-36/h2-10H,1H3,(H2,31,35)(H,34,37,38). The van der Waals surface area contributed by atoms with Crippen molar-refractivity contribution in [2.24, 2.45) is 0 Å². The molecule has 2 aromatic carbocycles. The van der Waals surface area contributed by atoms with Gasteiger partial charge in [-0.05, 0) is 61.0 Å². The number of nitrogens with zero attached hydrogens (tertiary/aromatic N) is 4. The van der Waals surface area contributed by atoms with Gasteiger partial charge < -0.3 is 10.5 Å². The van der Waals surface area contributed by atoms with Gasteiger partial charge in [-0.1, -0.05) is 23.2 Å². The Hall–Kier alpha value is -4.42. The van der Waals surface area contributed by atoms with Crippen LogP contribution in [0.25, 0.3) is 27.8 Å². The van der Waals surface area contributed by atoms with Gasteiger partial charge in [-0.3, -0.25) is 14.8 Å². The van der Waals surface area contributed by atoms with Gasteiger partial charge in [0, 0.05) is 17.1 Å². The Morgan fingerprint density at radius 2 is 1.74 bits per heavy atom. The van der Waals surface area contributed by atoms with Crippen LogP contribution in [0.5, 0.6) is 11.5 Å². The van der Waals surface area contributed by atoms with Gasteiger partial charge in [-0.25, -0.2) is 9.78 Å². The van der Waals surface area contributed by atoms with E-state index in [0.29, 0.717) is 22.5 Å². The fourth-order valence-corrected chi connectivity index (χ4v) is 4.32. The minimum Gasteiger partial charge on any atom is -0.454 e. The molecule has 0 saturated heterocycles. The van der Waals surface area contributed by atoms with Crippen molar-refractivity contribution in [3.8, 4) is 28.4 Å². The van der Waals surface area contributed by atoms with Crippen molar-refractivity contribution in [1.82, 2.24) is 24.7 Å². The number of anilines is 1. The third-order valence-electron chi connectivity index (χ3n) is 5.64. The van der Waals surface area contributed by atoms with Crippen molar-refractivity contribution < 1.29 is 17.9 Å². The first-order valence-corrected chi connectivity index (χ1v) is 11.8. The number of nitrogens with two attached hydrogens (primary N) is 1. The van der Waals surface area contributed by atoms with Crippen LogP contribution in [-0.2, 0) is 6.18 Å². The average molecular weight is 575 g/mol. The number of nitrogen functional groups attached to an aromatic ring is 1. The fraction of sp³-hybridized carbons (Fsp3) is 0.0800. The van der Waals surface area contributed by atoms with Gasteiger partial charge >= 0.3 is 11.9 Å². The molecule has 5 rings (SSSR count). The molecule has 3 aromatic heterocycles. The largest absolute Gasteiger partial charge is 0.454 e. The monoisotopic (exact) mass is 574 g/mol. The molecule has 3 N–H and O–H groups in total. The van der Waals surface area contributed by atoms with Crippen LogP contribution in [0.3, 0.4) is 0 Å². The molecular weight excluding hydrogens is 560 g/mol. The number of H-pyrrole nitrogens is 1. The van der Waals surface area contributed by atoms with E-state index in [2.05, 4.69) is 15.1 Å². The number of benzene rings is 2. The molecule has 3 heterocycles. The summed E-state index contributed by atoms with van der Waals surface area (Å²) in [5, 5.41) is 4.57. The lowest BCUT2D eigenvalue weighted by atomic mass is 10.1. The Morgan fingerprint density at radius 1 is 1.03 bits per heavy atom. The van der Waals surface area contributed by atoms with Gasteiger partial charge in [-0.2, -0.15) is 17.9 Å². The van der Waals surface area contributed by atoms with Gasteiger partial charge in [0.25, 0.3) is 5.56 Å². The van der Waals surface area contributed by atoms with E-state index in [0.717, 1.165) is 27.9 Å². The number of nitrogens with one attached hydrogen (secondary N) is 1. The van der Waals surface area contributed by atoms with E-state index < -0.39 is 28.9 Å². The Morgan fingerprint density at radius 3 is 2.38 bits per heavy atom. The zero-order valence-electron chi connectivity index (χ0n) is 19.7. The first-order chi connectivity index (χ1) is 18.4. The van der Waals surface area contributed by atoms with E-state index in [1.54, 1.807) is 24.3 Å². The molecule has 5 aromatic rings. The van der Waals surface area contributed by atoms with Gasteiger partial charge in [0.05, 0.1) is 26.9 Å². The van der Waals surface area contributed by atoms with E-state index in [1.165, 1.54) is 18.2 Å². The maximum atomic E-state index is 12.8. The molecule has 0 aliphatic carbocycles. The summed E-state index contributed by atoms with van der Waals surface area (Å²) >= 11 is 12.8. The second-order valence-corrected chi connectivity index (χ2v) is 9.14. The highest BCUT2D eigenvalue weighted by Gasteiger charge is 2.32. The molecule has 0 aliphatic rings. The lowest BCUT2D eigenvalue weighted by Gasteiger charge is -2.13. The Bertz CT molecular complexity index is 1850. The van der Waals surface area contributed by atoms with Gasteiger partial charge in [0.15, 0.2) is 5.75 Å². The summed E-state index contributed by atoms with van der Waals surface area (Å²) in [5.41, 5.74) is 5.27. The molecular formula is C25H15Cl2F3N6O3. The summed E-state index contributed by atoms with van der Waals surface area (Å²) < 4.78 is 45.3. The molecule has 0 amide bonds. The van der Waals surface area contributed by atoms with E-state index in [9.17, 15) is 22.8 Å². The van der Waals surface area contributed by atoms with E-state index in [1.807, 2.05) is 11.9 Å². The number of hydrogen-bond acceptors (Lipinski definition) is 7. The lowest BCUT2D eigenvalue weighted by Crippen LogP contribution is -2.33. The maximum absolute atomic E-state index is 12.8. The molecule has 0 unspecified atom stereocenters. The number of halogens is 5. The van der Waals surface area contributed by atoms with Crippen molar-refractivity contribution in [2.75, 3.05) is 5.73 Å². The summed E-state index contributed by atoms with van der Waals surface area (Å²) in [6.45, 7) is 1.82. The molecule has 0 atom stereocenters. The van der Waals surface area contributed by atoms with Gasteiger partial charge in [-0.15, -0.1) is 5.10 Å². The van der Waals surface area contributed by atoms with Crippen LogP contribution < -0.4 is 21.7 Å². The average Bonchev–Trinajstić information content (AvgIpc) is 2.88. The molecule has 0 spiro atoms. The van der Waals surface area contributed by atoms with Crippen molar-refractivity contribution in [3.05, 3.63) is 96.9 Å². The maximum Gasteiger partial charge on any atom is 0.433 e. The number of ether oxygens (including phenoxy) is 1. The van der Waals surface area contributed by atoms with E-state index in [-0.39, 0.29) is 21.5 Å². The minimum absolute atomic E-state index is 0.0519. The number of pyridine rings is 2. The highest BCUT2D eigenvalue weighted by molar-refractivity contribution is 6.37. The van der Waals surface area contributed by atoms with E-state index >= 15 is 0 Å². The summed E-state index contributed by atoms with van der Waals surface area (Å²) in [6.07, 6.45) is -3.40. The topological polar surface area (TPSA) is 129 Å². The Balaban J connectivity index is 1.46. The first-order valence-electron chi connectivity index (χ1n) is 11.0. The molecule has 14 heteroatoms. The SMILES string of the molecule is Cc1cc(-c2ccc(C(F)(F)F)nc2)nc2ccc(Oc3c(Cl)cc(-n4nc(N)c(=O)[nH]c4=O)cc3Cl)cc12. The van der Waals surface area contributed by atoms with Crippen LogP contribution in [0.15, 0.2) is 64.3 Å². The quantitative estimate of drug-likeness (QED) is 0.288. The second kappa shape index (κ2) is 9.71. The third kappa shape index (κ3) is 5.16. The van der Waals surface area contributed by atoms with Crippen molar-refractivity contribution in [2.45, 2.75) is 13.1 Å². The smallest absolute Gasteiger partial charge is 0.433 e. The molecule has 0 bridgehead atoms. The number of rotatable bonds is 4. The van der Waals surface area contributed by atoms with Crippen LogP contribution in [0.2, 0.25) is 10.0 Å². The normalized spacial score (nSPS) is 11.6.